The van der Waals surface area contributed by atoms with Crippen LogP contribution >= 0.6 is 23.8 Å². The van der Waals surface area contributed by atoms with Gasteiger partial charge in [-0.25, -0.2) is 0 Å². The van der Waals surface area contributed by atoms with Crippen LogP contribution < -0.4 is 15.5 Å². The third kappa shape index (κ3) is 6.57. The van der Waals surface area contributed by atoms with Crippen molar-refractivity contribution in [3.63, 3.8) is 0 Å². The van der Waals surface area contributed by atoms with Crippen molar-refractivity contribution >= 4 is 58.2 Å². The molecule has 7 nitrogen and oxygen atoms in total. The van der Waals surface area contributed by atoms with E-state index in [9.17, 15) is 9.59 Å². The zero-order valence-corrected chi connectivity index (χ0v) is 18.8. The number of anilines is 2. The van der Waals surface area contributed by atoms with Gasteiger partial charge in [0.15, 0.2) is 5.11 Å². The fourth-order valence-electron chi connectivity index (χ4n) is 3.27. The lowest BCUT2D eigenvalue weighted by atomic mass is 10.2. The number of furan rings is 1. The van der Waals surface area contributed by atoms with Crippen molar-refractivity contribution in [3.05, 3.63) is 53.5 Å². The minimum atomic E-state index is -0.368. The highest BCUT2D eigenvalue weighted by atomic mass is 35.5. The molecule has 2 heterocycles. The van der Waals surface area contributed by atoms with Gasteiger partial charge in [-0.15, -0.1) is 0 Å². The maximum Gasteiger partial charge on any atom is 0.250 e. The Balaban J connectivity index is 1.52. The summed E-state index contributed by atoms with van der Waals surface area (Å²) in [6.45, 7) is 4.86. The second-order valence-electron chi connectivity index (χ2n) is 7.08. The zero-order chi connectivity index (χ0) is 22.2. The number of carbonyl (C=O) groups is 2. The lowest BCUT2D eigenvalue weighted by Crippen LogP contribution is -2.48. The molecule has 31 heavy (non-hydrogen) atoms. The van der Waals surface area contributed by atoms with Crippen molar-refractivity contribution in [2.24, 2.45) is 0 Å². The van der Waals surface area contributed by atoms with Crippen LogP contribution in [-0.4, -0.2) is 48.0 Å². The van der Waals surface area contributed by atoms with Gasteiger partial charge in [0.25, 0.3) is 0 Å². The number of nitrogens with one attached hydrogen (secondary N) is 2. The molecule has 1 aromatic heterocycles. The predicted octanol–water partition coefficient (Wildman–Crippen LogP) is 3.91. The third-order valence-electron chi connectivity index (χ3n) is 4.82. The van der Waals surface area contributed by atoms with E-state index in [0.29, 0.717) is 36.0 Å². The van der Waals surface area contributed by atoms with E-state index in [1.807, 2.05) is 24.0 Å². The number of piperazine rings is 1. The normalized spacial score (nSPS) is 14.0. The summed E-state index contributed by atoms with van der Waals surface area (Å²) in [7, 11) is 0. The van der Waals surface area contributed by atoms with Crippen LogP contribution in [0.1, 0.15) is 25.5 Å². The predicted molar refractivity (Wildman–Crippen MR) is 127 cm³/mol. The lowest BCUT2D eigenvalue weighted by Gasteiger charge is -2.36. The third-order valence-corrected chi connectivity index (χ3v) is 5.33. The quantitative estimate of drug-likeness (QED) is 0.502. The summed E-state index contributed by atoms with van der Waals surface area (Å²) in [6, 6.07) is 9.01. The van der Waals surface area contributed by atoms with E-state index in [1.54, 1.807) is 24.3 Å². The second kappa shape index (κ2) is 11.0. The molecule has 2 amide bonds. The van der Waals surface area contributed by atoms with Crippen molar-refractivity contribution in [3.8, 4) is 0 Å². The van der Waals surface area contributed by atoms with E-state index in [4.69, 9.17) is 28.2 Å². The Hall–Kier alpha value is -2.84. The minimum absolute atomic E-state index is 0.168. The average molecular weight is 461 g/mol. The van der Waals surface area contributed by atoms with Gasteiger partial charge in [0, 0.05) is 44.4 Å². The summed E-state index contributed by atoms with van der Waals surface area (Å²) in [5.41, 5.74) is 1.58. The van der Waals surface area contributed by atoms with E-state index in [1.165, 1.54) is 12.3 Å². The van der Waals surface area contributed by atoms with Gasteiger partial charge in [0.2, 0.25) is 11.8 Å². The highest BCUT2D eigenvalue weighted by Gasteiger charge is 2.22. The Labute approximate surface area is 192 Å². The molecule has 0 atom stereocenters. The fourth-order valence-corrected chi connectivity index (χ4v) is 3.79. The number of thiocarbonyl (C=S) groups is 1. The lowest BCUT2D eigenvalue weighted by molar-refractivity contribution is -0.131. The molecule has 1 aromatic carbocycles. The molecule has 0 spiro atoms. The van der Waals surface area contributed by atoms with Crippen LogP contribution in [0.2, 0.25) is 5.02 Å². The summed E-state index contributed by atoms with van der Waals surface area (Å²) in [6.07, 6.45) is 5.88. The molecule has 0 unspecified atom stereocenters. The molecule has 2 aromatic rings. The van der Waals surface area contributed by atoms with Crippen LogP contribution in [0.25, 0.3) is 6.08 Å². The van der Waals surface area contributed by atoms with Crippen LogP contribution in [0.15, 0.2) is 47.1 Å². The SMILES string of the molecule is CCCC(=O)N1CCN(c2ccc(NC(=S)NC(=O)/C=C/c3ccco3)cc2Cl)CC1. The van der Waals surface area contributed by atoms with Gasteiger partial charge in [0.1, 0.15) is 5.76 Å². The summed E-state index contributed by atoms with van der Waals surface area (Å²) >= 11 is 11.7. The Morgan fingerprint density at radius 2 is 2.00 bits per heavy atom. The smallest absolute Gasteiger partial charge is 0.250 e. The number of carbonyl (C=O) groups excluding carboxylic acids is 2. The maximum absolute atomic E-state index is 12.1. The van der Waals surface area contributed by atoms with Crippen LogP contribution in [0.3, 0.4) is 0 Å². The summed E-state index contributed by atoms with van der Waals surface area (Å²) < 4.78 is 5.13. The number of hydrogen-bond acceptors (Lipinski definition) is 5. The van der Waals surface area contributed by atoms with E-state index in [0.717, 1.165) is 25.2 Å². The summed E-state index contributed by atoms with van der Waals surface area (Å²) in [5.74, 6) is 0.418. The van der Waals surface area contributed by atoms with Crippen molar-refractivity contribution in [2.75, 3.05) is 36.4 Å². The fraction of sp³-hybridized carbons (Fsp3) is 0.318. The molecule has 1 aliphatic heterocycles. The van der Waals surface area contributed by atoms with Crippen molar-refractivity contribution < 1.29 is 14.0 Å². The number of benzene rings is 1. The molecular weight excluding hydrogens is 436 g/mol. The van der Waals surface area contributed by atoms with Crippen molar-refractivity contribution in [1.29, 1.82) is 0 Å². The molecule has 0 aliphatic carbocycles. The van der Waals surface area contributed by atoms with Gasteiger partial charge in [-0.3, -0.25) is 14.9 Å². The Morgan fingerprint density at radius 1 is 1.23 bits per heavy atom. The standard InChI is InChI=1S/C22H25ClN4O3S/c1-2-4-21(29)27-12-10-26(11-13-27)19-8-6-16(15-18(19)23)24-22(31)25-20(28)9-7-17-5-3-14-30-17/h3,5-9,14-15H,2,4,10-13H2,1H3,(H2,24,25,28,31)/b9-7+. The van der Waals surface area contributed by atoms with E-state index in [2.05, 4.69) is 15.5 Å². The Bertz CT molecular complexity index is 954. The molecule has 2 N–H and O–H groups in total. The monoisotopic (exact) mass is 460 g/mol. The van der Waals surface area contributed by atoms with Crippen molar-refractivity contribution in [1.82, 2.24) is 10.2 Å². The van der Waals surface area contributed by atoms with Gasteiger partial charge in [0.05, 0.1) is 17.0 Å². The number of halogens is 1. The molecule has 1 saturated heterocycles. The van der Waals surface area contributed by atoms with E-state index >= 15 is 0 Å². The number of hydrogen-bond donors (Lipinski definition) is 2. The van der Waals surface area contributed by atoms with E-state index in [-0.39, 0.29) is 16.9 Å². The van der Waals surface area contributed by atoms with Gasteiger partial charge in [-0.1, -0.05) is 18.5 Å². The Morgan fingerprint density at radius 3 is 2.65 bits per heavy atom. The van der Waals surface area contributed by atoms with Crippen LogP contribution in [0.5, 0.6) is 0 Å². The molecular formula is C22H25ClN4O3S. The van der Waals surface area contributed by atoms with E-state index < -0.39 is 0 Å². The highest BCUT2D eigenvalue weighted by molar-refractivity contribution is 7.80. The molecule has 0 bridgehead atoms. The first-order valence-corrected chi connectivity index (χ1v) is 10.9. The highest BCUT2D eigenvalue weighted by Crippen LogP contribution is 2.29. The summed E-state index contributed by atoms with van der Waals surface area (Å²) in [4.78, 5) is 28.1. The minimum Gasteiger partial charge on any atom is -0.465 e. The summed E-state index contributed by atoms with van der Waals surface area (Å²) in [5, 5.41) is 6.28. The molecule has 0 saturated carbocycles. The topological polar surface area (TPSA) is 77.8 Å². The molecule has 164 valence electrons. The van der Waals surface area contributed by atoms with Gasteiger partial charge < -0.3 is 19.5 Å². The number of rotatable bonds is 6. The molecule has 9 heteroatoms. The second-order valence-corrected chi connectivity index (χ2v) is 7.89. The maximum atomic E-state index is 12.1. The first kappa shape index (κ1) is 22.8. The molecule has 1 aliphatic rings. The van der Waals surface area contributed by atoms with Crippen LogP contribution in [-0.2, 0) is 9.59 Å². The van der Waals surface area contributed by atoms with Gasteiger partial charge in [-0.2, -0.15) is 0 Å². The zero-order valence-electron chi connectivity index (χ0n) is 17.3. The number of amides is 2. The van der Waals surface area contributed by atoms with Crippen molar-refractivity contribution in [2.45, 2.75) is 19.8 Å². The average Bonchev–Trinajstić information content (AvgIpc) is 3.26. The first-order valence-electron chi connectivity index (χ1n) is 10.1. The molecule has 3 rings (SSSR count). The largest absolute Gasteiger partial charge is 0.465 e. The van der Waals surface area contributed by atoms with Crippen LogP contribution in [0, 0.1) is 0 Å². The van der Waals surface area contributed by atoms with Gasteiger partial charge >= 0.3 is 0 Å². The van der Waals surface area contributed by atoms with Gasteiger partial charge in [-0.05, 0) is 55.0 Å². The number of nitrogens with zero attached hydrogens (tertiary/aromatic N) is 2. The Kier molecular flexibility index (Phi) is 8.08. The van der Waals surface area contributed by atoms with Crippen LogP contribution in [0.4, 0.5) is 11.4 Å². The molecule has 1 fully saturated rings. The first-order chi connectivity index (χ1) is 15.0. The molecule has 0 radical (unpaired) electrons.